The molecule has 0 aliphatic carbocycles. The molecule has 3 nitrogen and oxygen atoms in total. The molecular formula is C48H31N3. The molecule has 0 N–H and O–H groups in total. The van der Waals surface area contributed by atoms with E-state index in [0.717, 1.165) is 17.1 Å². The minimum atomic E-state index is 1.14. The molecule has 3 heterocycles. The van der Waals surface area contributed by atoms with Gasteiger partial charge in [-0.15, -0.1) is 0 Å². The van der Waals surface area contributed by atoms with Crippen molar-refractivity contribution in [2.45, 2.75) is 0 Å². The maximum atomic E-state index is 2.47. The molecular weight excluding hydrogens is 619 g/mol. The summed E-state index contributed by atoms with van der Waals surface area (Å²) in [5.41, 5.74) is 13.1. The molecule has 0 atom stereocenters. The molecule has 238 valence electrons. The minimum Gasteiger partial charge on any atom is -0.309 e. The van der Waals surface area contributed by atoms with Gasteiger partial charge in [-0.1, -0.05) is 133 Å². The third kappa shape index (κ3) is 4.00. The summed E-state index contributed by atoms with van der Waals surface area (Å²) >= 11 is 0. The first-order valence-corrected chi connectivity index (χ1v) is 17.5. The van der Waals surface area contributed by atoms with Crippen molar-refractivity contribution in [2.75, 3.05) is 0 Å². The van der Waals surface area contributed by atoms with E-state index in [1.54, 1.807) is 0 Å². The van der Waals surface area contributed by atoms with Crippen molar-refractivity contribution < 1.29 is 0 Å². The molecule has 3 aromatic heterocycles. The second-order valence-electron chi connectivity index (χ2n) is 13.3. The van der Waals surface area contributed by atoms with E-state index in [-0.39, 0.29) is 0 Å². The smallest absolute Gasteiger partial charge is 0.0788 e. The van der Waals surface area contributed by atoms with Crippen molar-refractivity contribution in [3.8, 4) is 28.2 Å². The van der Waals surface area contributed by atoms with Crippen molar-refractivity contribution >= 4 is 65.4 Å². The van der Waals surface area contributed by atoms with Gasteiger partial charge in [0, 0.05) is 54.9 Å². The Morgan fingerprint density at radius 1 is 0.235 bits per heavy atom. The van der Waals surface area contributed by atoms with Crippen LogP contribution in [-0.4, -0.2) is 13.7 Å². The molecule has 0 spiro atoms. The van der Waals surface area contributed by atoms with Crippen LogP contribution in [0.2, 0.25) is 0 Å². The van der Waals surface area contributed by atoms with Gasteiger partial charge in [-0.25, -0.2) is 0 Å². The molecule has 0 saturated heterocycles. The predicted octanol–water partition coefficient (Wildman–Crippen LogP) is 12.6. The van der Waals surface area contributed by atoms with Gasteiger partial charge in [0.1, 0.15) is 0 Å². The fourth-order valence-electron chi connectivity index (χ4n) is 8.50. The summed E-state index contributed by atoms with van der Waals surface area (Å²) in [6.07, 6.45) is 0. The molecule has 11 rings (SSSR count). The maximum absolute atomic E-state index is 2.47. The van der Waals surface area contributed by atoms with Gasteiger partial charge < -0.3 is 13.7 Å². The lowest BCUT2D eigenvalue weighted by molar-refractivity contribution is 1.15. The first-order valence-electron chi connectivity index (χ1n) is 17.5. The average molecular weight is 650 g/mol. The van der Waals surface area contributed by atoms with Crippen LogP contribution in [0, 0.1) is 0 Å². The third-order valence-electron chi connectivity index (χ3n) is 10.6. The summed E-state index contributed by atoms with van der Waals surface area (Å²) in [5.74, 6) is 0. The number of aromatic nitrogens is 3. The Kier molecular flexibility index (Phi) is 5.96. The van der Waals surface area contributed by atoms with Crippen molar-refractivity contribution in [3.05, 3.63) is 188 Å². The summed E-state index contributed by atoms with van der Waals surface area (Å²) < 4.78 is 7.33. The minimum absolute atomic E-state index is 1.14. The van der Waals surface area contributed by atoms with Crippen LogP contribution in [0.1, 0.15) is 0 Å². The SMILES string of the molecule is c1ccc(-n2c3ccccc3c3cccc(-c4ccc(-n5c6ccccc6c6ccc7c8ccccc8n(-c8ccccc8)c7c65)cc4)c32)cc1. The van der Waals surface area contributed by atoms with E-state index in [9.17, 15) is 0 Å². The first-order chi connectivity index (χ1) is 25.3. The Hall–Kier alpha value is -6.84. The standard InChI is InChI=1S/C48H31N3/c1-3-14-33(15-4-1)49-43-23-10-7-18-37(43)40-22-13-21-36(46(40)49)32-26-28-35(29-27-32)51-45-25-12-9-20-39(45)42-31-30-41-38-19-8-11-24-44(38)50(47(41)48(42)51)34-16-5-2-6-17-34/h1-31H. The highest BCUT2D eigenvalue weighted by atomic mass is 15.0. The summed E-state index contributed by atoms with van der Waals surface area (Å²) in [6, 6.07) is 68.3. The summed E-state index contributed by atoms with van der Waals surface area (Å²) in [6.45, 7) is 0. The zero-order chi connectivity index (χ0) is 33.5. The zero-order valence-electron chi connectivity index (χ0n) is 27.7. The normalized spacial score (nSPS) is 11.9. The fraction of sp³-hybridized carbons (Fsp3) is 0. The van der Waals surface area contributed by atoms with E-state index in [2.05, 4.69) is 202 Å². The molecule has 11 aromatic rings. The molecule has 3 heteroatoms. The van der Waals surface area contributed by atoms with E-state index in [1.165, 1.54) is 76.5 Å². The number of hydrogen-bond acceptors (Lipinski definition) is 0. The van der Waals surface area contributed by atoms with Crippen molar-refractivity contribution in [3.63, 3.8) is 0 Å². The van der Waals surface area contributed by atoms with Gasteiger partial charge in [0.25, 0.3) is 0 Å². The molecule has 0 fully saturated rings. The Bertz CT molecular complexity index is 3110. The van der Waals surface area contributed by atoms with Crippen molar-refractivity contribution in [1.82, 2.24) is 13.7 Å². The number of rotatable bonds is 4. The van der Waals surface area contributed by atoms with Gasteiger partial charge in [0.05, 0.1) is 33.1 Å². The summed E-state index contributed by atoms with van der Waals surface area (Å²) in [7, 11) is 0. The number of fused-ring (bicyclic) bond motifs is 10. The van der Waals surface area contributed by atoms with Crippen LogP contribution in [-0.2, 0) is 0 Å². The van der Waals surface area contributed by atoms with Crippen LogP contribution in [0.4, 0.5) is 0 Å². The molecule has 0 saturated carbocycles. The lowest BCUT2D eigenvalue weighted by Crippen LogP contribution is -1.99. The van der Waals surface area contributed by atoms with Crippen molar-refractivity contribution in [2.24, 2.45) is 0 Å². The Morgan fingerprint density at radius 3 is 1.10 bits per heavy atom. The predicted molar refractivity (Wildman–Crippen MR) is 215 cm³/mol. The van der Waals surface area contributed by atoms with Crippen LogP contribution < -0.4 is 0 Å². The van der Waals surface area contributed by atoms with Gasteiger partial charge in [-0.2, -0.15) is 0 Å². The average Bonchev–Trinajstić information content (AvgIpc) is 3.85. The molecule has 8 aromatic carbocycles. The largest absolute Gasteiger partial charge is 0.309 e. The molecule has 0 bridgehead atoms. The molecule has 51 heavy (non-hydrogen) atoms. The first kappa shape index (κ1) is 28.0. The quantitative estimate of drug-likeness (QED) is 0.180. The van der Waals surface area contributed by atoms with Gasteiger partial charge in [-0.3, -0.25) is 0 Å². The van der Waals surface area contributed by atoms with Gasteiger partial charge >= 0.3 is 0 Å². The van der Waals surface area contributed by atoms with Crippen LogP contribution >= 0.6 is 0 Å². The lowest BCUT2D eigenvalue weighted by Gasteiger charge is -2.14. The Labute approximate surface area is 294 Å². The molecule has 0 aliphatic rings. The molecule has 0 radical (unpaired) electrons. The summed E-state index contributed by atoms with van der Waals surface area (Å²) in [4.78, 5) is 0. The number of para-hydroxylation sites is 6. The number of nitrogens with zero attached hydrogens (tertiary/aromatic N) is 3. The maximum Gasteiger partial charge on any atom is 0.0788 e. The topological polar surface area (TPSA) is 14.8 Å². The van der Waals surface area contributed by atoms with Crippen LogP contribution in [0.25, 0.3) is 93.6 Å². The lowest BCUT2D eigenvalue weighted by atomic mass is 10.0. The van der Waals surface area contributed by atoms with E-state index in [4.69, 9.17) is 0 Å². The Morgan fingerprint density at radius 2 is 0.608 bits per heavy atom. The number of hydrogen-bond donors (Lipinski definition) is 0. The van der Waals surface area contributed by atoms with Crippen LogP contribution in [0.15, 0.2) is 188 Å². The summed E-state index contributed by atoms with van der Waals surface area (Å²) in [5, 5.41) is 7.53. The highest BCUT2D eigenvalue weighted by molar-refractivity contribution is 6.24. The highest BCUT2D eigenvalue weighted by Gasteiger charge is 2.21. The van der Waals surface area contributed by atoms with Crippen LogP contribution in [0.3, 0.4) is 0 Å². The Balaban J connectivity index is 1.19. The van der Waals surface area contributed by atoms with Gasteiger partial charge in [0.2, 0.25) is 0 Å². The van der Waals surface area contributed by atoms with E-state index < -0.39 is 0 Å². The van der Waals surface area contributed by atoms with E-state index in [1.807, 2.05) is 0 Å². The van der Waals surface area contributed by atoms with Gasteiger partial charge in [0.15, 0.2) is 0 Å². The van der Waals surface area contributed by atoms with E-state index >= 15 is 0 Å². The molecule has 0 aliphatic heterocycles. The van der Waals surface area contributed by atoms with Crippen molar-refractivity contribution in [1.29, 1.82) is 0 Å². The van der Waals surface area contributed by atoms with Gasteiger partial charge in [-0.05, 0) is 60.2 Å². The zero-order valence-corrected chi connectivity index (χ0v) is 27.7. The second-order valence-corrected chi connectivity index (χ2v) is 13.3. The number of benzene rings is 8. The third-order valence-corrected chi connectivity index (χ3v) is 10.6. The molecule has 0 unspecified atom stereocenters. The van der Waals surface area contributed by atoms with Crippen LogP contribution in [0.5, 0.6) is 0 Å². The van der Waals surface area contributed by atoms with E-state index in [0.29, 0.717) is 0 Å². The monoisotopic (exact) mass is 649 g/mol. The fourth-order valence-corrected chi connectivity index (χ4v) is 8.50. The highest BCUT2D eigenvalue weighted by Crippen LogP contribution is 2.43. The second kappa shape index (κ2) is 10.8. The molecule has 0 amide bonds.